The number of carbonyl (C=O) groups is 1. The van der Waals surface area contributed by atoms with E-state index in [0.717, 1.165) is 24.6 Å². The summed E-state index contributed by atoms with van der Waals surface area (Å²) < 4.78 is 30.9. The summed E-state index contributed by atoms with van der Waals surface area (Å²) in [5.41, 5.74) is 0.0454. The van der Waals surface area contributed by atoms with E-state index in [0.29, 0.717) is 12.8 Å². The van der Waals surface area contributed by atoms with Gasteiger partial charge in [0.25, 0.3) is 0 Å². The number of ether oxygens (including phenoxy) is 1. The minimum Gasteiger partial charge on any atom is -0.469 e. The van der Waals surface area contributed by atoms with Crippen molar-refractivity contribution in [3.05, 3.63) is 35.4 Å². The van der Waals surface area contributed by atoms with Crippen molar-refractivity contribution in [1.29, 1.82) is 0 Å². The molecule has 0 aromatic heterocycles. The lowest BCUT2D eigenvalue weighted by molar-refractivity contribution is -0.150. The zero-order chi connectivity index (χ0) is 14.4. The second-order valence-corrected chi connectivity index (χ2v) is 4.42. The van der Waals surface area contributed by atoms with Gasteiger partial charge in [0, 0.05) is 6.07 Å². The molecule has 1 N–H and O–H groups in total. The van der Waals surface area contributed by atoms with Crippen molar-refractivity contribution in [2.24, 2.45) is 5.92 Å². The number of aliphatic hydroxyl groups excluding tert-OH is 1. The monoisotopic (exact) mass is 272 g/mol. The Kier molecular flexibility index (Phi) is 5.89. The van der Waals surface area contributed by atoms with Crippen LogP contribution in [0.4, 0.5) is 8.78 Å². The number of carbonyl (C=O) groups excluding carboxylic acids is 1. The SMILES string of the molecule is CCCCC(C(=O)OC)C(O)c1cc(F)cc(F)c1. The maximum atomic E-state index is 13.1. The minimum atomic E-state index is -1.27. The standard InChI is InChI=1S/C14H18F2O3/c1-3-4-5-12(14(18)19-2)13(17)9-6-10(15)8-11(16)7-9/h6-8,12-13,17H,3-5H2,1-2H3. The maximum absolute atomic E-state index is 13.1. The van der Waals surface area contributed by atoms with Gasteiger partial charge < -0.3 is 9.84 Å². The molecule has 0 heterocycles. The first-order chi connectivity index (χ1) is 8.99. The highest BCUT2D eigenvalue weighted by atomic mass is 19.1. The quantitative estimate of drug-likeness (QED) is 0.810. The van der Waals surface area contributed by atoms with E-state index < -0.39 is 29.6 Å². The first-order valence-electron chi connectivity index (χ1n) is 6.21. The molecule has 2 atom stereocenters. The van der Waals surface area contributed by atoms with Gasteiger partial charge in [0.2, 0.25) is 0 Å². The van der Waals surface area contributed by atoms with E-state index in [1.54, 1.807) is 0 Å². The lowest BCUT2D eigenvalue weighted by atomic mass is 9.91. The Morgan fingerprint density at radius 3 is 2.37 bits per heavy atom. The van der Waals surface area contributed by atoms with Gasteiger partial charge in [-0.2, -0.15) is 0 Å². The Morgan fingerprint density at radius 1 is 1.32 bits per heavy atom. The Morgan fingerprint density at radius 2 is 1.89 bits per heavy atom. The number of unbranched alkanes of at least 4 members (excludes halogenated alkanes) is 1. The van der Waals surface area contributed by atoms with Crippen molar-refractivity contribution >= 4 is 5.97 Å². The molecule has 1 aromatic rings. The van der Waals surface area contributed by atoms with Gasteiger partial charge in [-0.1, -0.05) is 19.8 Å². The number of benzene rings is 1. The van der Waals surface area contributed by atoms with Crippen LogP contribution in [0.2, 0.25) is 0 Å². The number of hydrogen-bond acceptors (Lipinski definition) is 3. The lowest BCUT2D eigenvalue weighted by Gasteiger charge is -2.21. The highest BCUT2D eigenvalue weighted by Crippen LogP contribution is 2.28. The van der Waals surface area contributed by atoms with Crippen LogP contribution in [0.15, 0.2) is 18.2 Å². The second-order valence-electron chi connectivity index (χ2n) is 4.42. The summed E-state index contributed by atoms with van der Waals surface area (Å²) >= 11 is 0. The van der Waals surface area contributed by atoms with E-state index in [9.17, 15) is 18.7 Å². The van der Waals surface area contributed by atoms with Gasteiger partial charge in [0.15, 0.2) is 0 Å². The third-order valence-electron chi connectivity index (χ3n) is 2.98. The van der Waals surface area contributed by atoms with Crippen molar-refractivity contribution in [1.82, 2.24) is 0 Å². The van der Waals surface area contributed by atoms with Gasteiger partial charge in [-0.15, -0.1) is 0 Å². The van der Waals surface area contributed by atoms with Crippen LogP contribution in [0.1, 0.15) is 37.9 Å². The highest BCUT2D eigenvalue weighted by Gasteiger charge is 2.29. The summed E-state index contributed by atoms with van der Waals surface area (Å²) in [5.74, 6) is -2.96. The summed E-state index contributed by atoms with van der Waals surface area (Å²) in [6.45, 7) is 1.95. The molecule has 0 spiro atoms. The third-order valence-corrected chi connectivity index (χ3v) is 2.98. The van der Waals surface area contributed by atoms with Crippen LogP contribution in [0.3, 0.4) is 0 Å². The average Bonchev–Trinajstić information content (AvgIpc) is 2.37. The third kappa shape index (κ3) is 4.28. The van der Waals surface area contributed by atoms with E-state index in [-0.39, 0.29) is 5.56 Å². The normalized spacial score (nSPS) is 13.9. The van der Waals surface area contributed by atoms with E-state index in [4.69, 9.17) is 0 Å². The first-order valence-corrected chi connectivity index (χ1v) is 6.21. The summed E-state index contributed by atoms with van der Waals surface area (Å²) in [5, 5.41) is 10.1. The smallest absolute Gasteiger partial charge is 0.311 e. The van der Waals surface area contributed by atoms with Gasteiger partial charge in [-0.05, 0) is 24.1 Å². The summed E-state index contributed by atoms with van der Waals surface area (Å²) in [4.78, 5) is 11.6. The average molecular weight is 272 g/mol. The fourth-order valence-electron chi connectivity index (χ4n) is 1.96. The fraction of sp³-hybridized carbons (Fsp3) is 0.500. The number of hydrogen-bond donors (Lipinski definition) is 1. The van der Waals surface area contributed by atoms with E-state index in [2.05, 4.69) is 4.74 Å². The maximum Gasteiger partial charge on any atom is 0.311 e. The van der Waals surface area contributed by atoms with Crippen molar-refractivity contribution in [2.75, 3.05) is 7.11 Å². The predicted molar refractivity (Wildman–Crippen MR) is 66.3 cm³/mol. The molecule has 0 bridgehead atoms. The molecule has 0 aliphatic rings. The molecule has 0 radical (unpaired) electrons. The summed E-state index contributed by atoms with van der Waals surface area (Å²) in [6, 6.07) is 2.76. The van der Waals surface area contributed by atoms with Gasteiger partial charge in [0.05, 0.1) is 19.1 Å². The van der Waals surface area contributed by atoms with Crippen LogP contribution >= 0.6 is 0 Å². The number of halogens is 2. The van der Waals surface area contributed by atoms with Gasteiger partial charge in [-0.25, -0.2) is 8.78 Å². The number of esters is 1. The van der Waals surface area contributed by atoms with Crippen LogP contribution in [0.25, 0.3) is 0 Å². The van der Waals surface area contributed by atoms with Crippen molar-refractivity contribution in [3.8, 4) is 0 Å². The minimum absolute atomic E-state index is 0.0454. The van der Waals surface area contributed by atoms with E-state index in [1.807, 2.05) is 6.92 Å². The Balaban J connectivity index is 2.96. The van der Waals surface area contributed by atoms with E-state index >= 15 is 0 Å². The second kappa shape index (κ2) is 7.19. The predicted octanol–water partition coefficient (Wildman–Crippen LogP) is 2.98. The molecule has 1 aromatic carbocycles. The molecule has 0 saturated carbocycles. The van der Waals surface area contributed by atoms with E-state index in [1.165, 1.54) is 7.11 Å². The molecule has 106 valence electrons. The van der Waals surface area contributed by atoms with Crippen LogP contribution in [0.5, 0.6) is 0 Å². The fourth-order valence-corrected chi connectivity index (χ4v) is 1.96. The van der Waals surface area contributed by atoms with Crippen LogP contribution in [-0.4, -0.2) is 18.2 Å². The number of methoxy groups -OCH3 is 1. The molecule has 5 heteroatoms. The van der Waals surface area contributed by atoms with Crippen molar-refractivity contribution in [2.45, 2.75) is 32.3 Å². The largest absolute Gasteiger partial charge is 0.469 e. The molecular formula is C14H18F2O3. The Labute approximate surface area is 111 Å². The van der Waals surface area contributed by atoms with Crippen LogP contribution in [-0.2, 0) is 9.53 Å². The van der Waals surface area contributed by atoms with Gasteiger partial charge >= 0.3 is 5.97 Å². The molecule has 19 heavy (non-hydrogen) atoms. The summed E-state index contributed by atoms with van der Waals surface area (Å²) in [6.07, 6.45) is 0.693. The molecule has 3 nitrogen and oxygen atoms in total. The van der Waals surface area contributed by atoms with Gasteiger partial charge in [0.1, 0.15) is 11.6 Å². The Hall–Kier alpha value is -1.49. The number of rotatable bonds is 6. The Bertz CT molecular complexity index is 414. The zero-order valence-electron chi connectivity index (χ0n) is 11.0. The highest BCUT2D eigenvalue weighted by molar-refractivity contribution is 5.73. The molecule has 2 unspecified atom stereocenters. The molecule has 0 aliphatic heterocycles. The molecule has 0 saturated heterocycles. The van der Waals surface area contributed by atoms with Crippen molar-refractivity contribution in [3.63, 3.8) is 0 Å². The van der Waals surface area contributed by atoms with Gasteiger partial charge in [-0.3, -0.25) is 4.79 Å². The molecule has 0 fully saturated rings. The zero-order valence-corrected chi connectivity index (χ0v) is 11.0. The lowest BCUT2D eigenvalue weighted by Crippen LogP contribution is -2.24. The molecular weight excluding hydrogens is 254 g/mol. The first kappa shape index (κ1) is 15.6. The molecule has 1 rings (SSSR count). The summed E-state index contributed by atoms with van der Waals surface area (Å²) in [7, 11) is 1.22. The number of aliphatic hydroxyl groups is 1. The van der Waals surface area contributed by atoms with Crippen LogP contribution in [0, 0.1) is 17.6 Å². The van der Waals surface area contributed by atoms with Crippen LogP contribution < -0.4 is 0 Å². The topological polar surface area (TPSA) is 46.5 Å². The molecule has 0 aliphatic carbocycles. The molecule has 0 amide bonds. The van der Waals surface area contributed by atoms with Crippen molar-refractivity contribution < 1.29 is 23.4 Å².